The van der Waals surface area contributed by atoms with E-state index in [0.717, 1.165) is 11.1 Å². The third kappa shape index (κ3) is 5.55. The minimum Gasteiger partial charge on any atom is -0.496 e. The maximum atomic E-state index is 12.6. The average molecular weight is 391 g/mol. The van der Waals surface area contributed by atoms with Crippen LogP contribution in [-0.2, 0) is 21.4 Å². The molecule has 0 bridgehead atoms. The van der Waals surface area contributed by atoms with E-state index in [1.165, 1.54) is 6.92 Å². The Morgan fingerprint density at radius 2 is 1.85 bits per heavy atom. The molecule has 2 rings (SSSR count). The van der Waals surface area contributed by atoms with Gasteiger partial charge in [-0.25, -0.2) is 13.1 Å². The monoisotopic (exact) mass is 390 g/mol. The van der Waals surface area contributed by atoms with Crippen molar-refractivity contribution in [3.63, 3.8) is 0 Å². The molecule has 0 aliphatic rings. The molecule has 0 aliphatic heterocycles. The van der Waals surface area contributed by atoms with Crippen LogP contribution in [0.3, 0.4) is 0 Å². The molecule has 0 fully saturated rings. The van der Waals surface area contributed by atoms with Gasteiger partial charge in [-0.15, -0.1) is 0 Å². The number of rotatable bonds is 8. The molecule has 2 aromatic rings. The number of nitrogens with zero attached hydrogens (tertiary/aromatic N) is 1. The maximum absolute atomic E-state index is 12.6. The number of carbonyl (C=O) groups excluding carboxylic acids is 1. The van der Waals surface area contributed by atoms with Gasteiger partial charge in [0.1, 0.15) is 5.75 Å². The van der Waals surface area contributed by atoms with Gasteiger partial charge in [-0.05, 0) is 37.1 Å². The Hall–Kier alpha value is -2.38. The molecule has 146 valence electrons. The number of aryl methyl sites for hydroxylation is 2. The predicted octanol–water partition coefficient (Wildman–Crippen LogP) is 2.64. The number of sulfonamides is 1. The zero-order valence-electron chi connectivity index (χ0n) is 16.2. The molecule has 27 heavy (non-hydrogen) atoms. The molecule has 1 amide bonds. The van der Waals surface area contributed by atoms with E-state index in [9.17, 15) is 13.2 Å². The van der Waals surface area contributed by atoms with Gasteiger partial charge < -0.3 is 9.64 Å². The molecule has 6 nitrogen and oxygen atoms in total. The van der Waals surface area contributed by atoms with Crippen LogP contribution >= 0.6 is 0 Å². The lowest BCUT2D eigenvalue weighted by molar-refractivity contribution is -0.129. The van der Waals surface area contributed by atoms with Crippen LogP contribution in [-0.4, -0.2) is 39.4 Å². The van der Waals surface area contributed by atoms with Gasteiger partial charge in [0.15, 0.2) is 0 Å². The van der Waals surface area contributed by atoms with Gasteiger partial charge in [0, 0.05) is 32.1 Å². The van der Waals surface area contributed by atoms with Crippen LogP contribution in [0.15, 0.2) is 47.4 Å². The first-order chi connectivity index (χ1) is 12.7. The summed E-state index contributed by atoms with van der Waals surface area (Å²) in [6.07, 6.45) is 0. The van der Waals surface area contributed by atoms with Crippen LogP contribution in [0.1, 0.15) is 23.6 Å². The predicted molar refractivity (Wildman–Crippen MR) is 105 cm³/mol. The van der Waals surface area contributed by atoms with E-state index in [0.29, 0.717) is 17.9 Å². The standard InChI is InChI=1S/C20H26N2O4S/c1-15-9-10-16(2)20(13-15)27(24,25)21-11-12-22(17(3)23)14-18-7-5-6-8-19(18)26-4/h5-10,13,21H,11-12,14H2,1-4H3. The molecule has 0 aliphatic carbocycles. The molecule has 0 aromatic heterocycles. The van der Waals surface area contributed by atoms with E-state index in [-0.39, 0.29) is 23.9 Å². The smallest absolute Gasteiger partial charge is 0.240 e. The van der Waals surface area contributed by atoms with Crippen molar-refractivity contribution in [1.29, 1.82) is 0 Å². The fourth-order valence-electron chi connectivity index (χ4n) is 2.78. The van der Waals surface area contributed by atoms with Crippen molar-refractivity contribution >= 4 is 15.9 Å². The van der Waals surface area contributed by atoms with Crippen molar-refractivity contribution in [1.82, 2.24) is 9.62 Å². The number of hydrogen-bond acceptors (Lipinski definition) is 4. The number of amides is 1. The molecular weight excluding hydrogens is 364 g/mol. The van der Waals surface area contributed by atoms with Gasteiger partial charge in [0.2, 0.25) is 15.9 Å². The number of methoxy groups -OCH3 is 1. The maximum Gasteiger partial charge on any atom is 0.240 e. The Bertz CT molecular complexity index is 910. The Morgan fingerprint density at radius 3 is 2.52 bits per heavy atom. The number of carbonyl (C=O) groups is 1. The normalized spacial score (nSPS) is 11.3. The molecule has 0 saturated heterocycles. The van der Waals surface area contributed by atoms with Gasteiger partial charge in [0.05, 0.1) is 12.0 Å². The van der Waals surface area contributed by atoms with Crippen LogP contribution in [0.2, 0.25) is 0 Å². The van der Waals surface area contributed by atoms with Crippen molar-refractivity contribution in [3.8, 4) is 5.75 Å². The summed E-state index contributed by atoms with van der Waals surface area (Å²) >= 11 is 0. The summed E-state index contributed by atoms with van der Waals surface area (Å²) in [5.74, 6) is 0.562. The largest absolute Gasteiger partial charge is 0.496 e. The van der Waals surface area contributed by atoms with Crippen molar-refractivity contribution in [2.24, 2.45) is 0 Å². The summed E-state index contributed by atoms with van der Waals surface area (Å²) < 4.78 is 33.1. The molecule has 1 N–H and O–H groups in total. The minimum absolute atomic E-state index is 0.129. The van der Waals surface area contributed by atoms with Crippen molar-refractivity contribution in [2.45, 2.75) is 32.2 Å². The number of para-hydroxylation sites is 1. The Morgan fingerprint density at radius 1 is 1.15 bits per heavy atom. The second-order valence-electron chi connectivity index (χ2n) is 6.42. The molecule has 0 unspecified atom stereocenters. The van der Waals surface area contributed by atoms with Crippen LogP contribution in [0.5, 0.6) is 5.75 Å². The molecule has 2 aromatic carbocycles. The van der Waals surface area contributed by atoms with E-state index in [4.69, 9.17) is 4.74 Å². The molecule has 7 heteroatoms. The number of benzene rings is 2. The number of ether oxygens (including phenoxy) is 1. The zero-order valence-corrected chi connectivity index (χ0v) is 17.0. The quantitative estimate of drug-likeness (QED) is 0.752. The highest BCUT2D eigenvalue weighted by molar-refractivity contribution is 7.89. The molecule has 0 heterocycles. The van der Waals surface area contributed by atoms with E-state index in [2.05, 4.69) is 4.72 Å². The van der Waals surface area contributed by atoms with E-state index >= 15 is 0 Å². The highest BCUT2D eigenvalue weighted by Crippen LogP contribution is 2.19. The zero-order chi connectivity index (χ0) is 20.0. The van der Waals surface area contributed by atoms with Crippen LogP contribution in [0.4, 0.5) is 0 Å². The first kappa shape index (κ1) is 20.9. The summed E-state index contributed by atoms with van der Waals surface area (Å²) in [5, 5.41) is 0. The average Bonchev–Trinajstić information content (AvgIpc) is 2.63. The van der Waals surface area contributed by atoms with Gasteiger partial charge in [-0.3, -0.25) is 4.79 Å². The first-order valence-electron chi connectivity index (χ1n) is 8.69. The summed E-state index contributed by atoms with van der Waals surface area (Å²) in [6.45, 7) is 5.82. The van der Waals surface area contributed by atoms with Crippen molar-refractivity contribution in [3.05, 3.63) is 59.2 Å². The summed E-state index contributed by atoms with van der Waals surface area (Å²) in [4.78, 5) is 13.8. The summed E-state index contributed by atoms with van der Waals surface area (Å²) in [7, 11) is -2.05. The topological polar surface area (TPSA) is 75.7 Å². The highest BCUT2D eigenvalue weighted by Gasteiger charge is 2.18. The van der Waals surface area contributed by atoms with Crippen molar-refractivity contribution in [2.75, 3.05) is 20.2 Å². The lowest BCUT2D eigenvalue weighted by Gasteiger charge is -2.22. The third-order valence-corrected chi connectivity index (χ3v) is 5.91. The van der Waals surface area contributed by atoms with E-state index in [1.807, 2.05) is 37.3 Å². The van der Waals surface area contributed by atoms with Gasteiger partial charge in [0.25, 0.3) is 0 Å². The fraction of sp³-hybridized carbons (Fsp3) is 0.350. The Labute approximate surface area is 161 Å². The van der Waals surface area contributed by atoms with Gasteiger partial charge >= 0.3 is 0 Å². The fourth-order valence-corrected chi connectivity index (χ4v) is 4.13. The molecular formula is C20H26N2O4S. The SMILES string of the molecule is COc1ccccc1CN(CCNS(=O)(=O)c1cc(C)ccc1C)C(C)=O. The minimum atomic E-state index is -3.63. The van der Waals surface area contributed by atoms with Gasteiger partial charge in [-0.2, -0.15) is 0 Å². The lowest BCUT2D eigenvalue weighted by atomic mass is 10.2. The first-order valence-corrected chi connectivity index (χ1v) is 10.2. The summed E-state index contributed by atoms with van der Waals surface area (Å²) in [6, 6.07) is 12.8. The van der Waals surface area contributed by atoms with Gasteiger partial charge in [-0.1, -0.05) is 30.3 Å². The number of nitrogens with one attached hydrogen (secondary N) is 1. The van der Waals surface area contributed by atoms with Crippen LogP contribution in [0.25, 0.3) is 0 Å². The third-order valence-electron chi connectivity index (χ3n) is 4.31. The second kappa shape index (κ2) is 9.01. The summed E-state index contributed by atoms with van der Waals surface area (Å²) in [5.41, 5.74) is 2.43. The Kier molecular flexibility index (Phi) is 6.98. The highest BCUT2D eigenvalue weighted by atomic mass is 32.2. The number of hydrogen-bond donors (Lipinski definition) is 1. The van der Waals surface area contributed by atoms with E-state index in [1.54, 1.807) is 31.1 Å². The molecule has 0 atom stereocenters. The molecule has 0 spiro atoms. The second-order valence-corrected chi connectivity index (χ2v) is 8.15. The molecule has 0 radical (unpaired) electrons. The lowest BCUT2D eigenvalue weighted by Crippen LogP contribution is -2.37. The van der Waals surface area contributed by atoms with Crippen molar-refractivity contribution < 1.29 is 17.9 Å². The van der Waals surface area contributed by atoms with Crippen LogP contribution in [0, 0.1) is 13.8 Å². The van der Waals surface area contributed by atoms with Crippen LogP contribution < -0.4 is 9.46 Å². The Balaban J connectivity index is 2.06. The van der Waals surface area contributed by atoms with E-state index < -0.39 is 10.0 Å². The molecule has 0 saturated carbocycles.